The second-order valence-corrected chi connectivity index (χ2v) is 4.58. The lowest BCUT2D eigenvalue weighted by Gasteiger charge is -2.12. The zero-order chi connectivity index (χ0) is 11.7. The summed E-state index contributed by atoms with van der Waals surface area (Å²) in [4.78, 5) is 0. The van der Waals surface area contributed by atoms with Crippen LogP contribution in [-0.2, 0) is 0 Å². The predicted molar refractivity (Wildman–Crippen MR) is 66.7 cm³/mol. The highest BCUT2D eigenvalue weighted by Gasteiger charge is 2.20. The molecule has 17 heavy (non-hydrogen) atoms. The van der Waals surface area contributed by atoms with Crippen LogP contribution in [0.25, 0.3) is 11.3 Å². The van der Waals surface area contributed by atoms with Crippen LogP contribution < -0.4 is 5.32 Å². The van der Waals surface area contributed by atoms with Gasteiger partial charge in [-0.05, 0) is 19.9 Å². The topological polar surface area (TPSA) is 42.7 Å². The van der Waals surface area contributed by atoms with Gasteiger partial charge in [0.15, 0.2) is 0 Å². The highest BCUT2D eigenvalue weighted by molar-refractivity contribution is 5.58. The fourth-order valence-corrected chi connectivity index (χ4v) is 2.29. The minimum atomic E-state index is 0.439. The molecule has 1 atom stereocenters. The number of hydrogen-bond donors (Lipinski definition) is 1. The van der Waals surface area contributed by atoms with Crippen molar-refractivity contribution in [2.75, 3.05) is 13.1 Å². The molecule has 4 heteroatoms. The second kappa shape index (κ2) is 4.30. The molecule has 1 N–H and O–H groups in total. The Morgan fingerprint density at radius 1 is 1.29 bits per heavy atom. The molecule has 1 saturated heterocycles. The summed E-state index contributed by atoms with van der Waals surface area (Å²) in [6, 6.07) is 8.95. The third kappa shape index (κ3) is 1.96. The molecule has 4 nitrogen and oxygen atoms in total. The quantitative estimate of drug-likeness (QED) is 0.852. The van der Waals surface area contributed by atoms with Crippen LogP contribution >= 0.6 is 0 Å². The third-order valence-electron chi connectivity index (χ3n) is 3.30. The smallest absolute Gasteiger partial charge is 0.0889 e. The van der Waals surface area contributed by atoms with Crippen LogP contribution in [0.1, 0.15) is 18.0 Å². The number of benzene rings is 1. The van der Waals surface area contributed by atoms with E-state index < -0.39 is 0 Å². The standard InChI is InChI=1S/C13H16N4/c1-10-2-4-11(5-3-10)13-9-15-16-17(13)12-6-7-14-8-12/h2-5,9,12,14H,6-8H2,1H3. The highest BCUT2D eigenvalue weighted by atomic mass is 15.4. The molecular formula is C13H16N4. The fraction of sp³-hybridized carbons (Fsp3) is 0.385. The summed E-state index contributed by atoms with van der Waals surface area (Å²) in [5.41, 5.74) is 3.57. The van der Waals surface area contributed by atoms with Crippen LogP contribution in [0.5, 0.6) is 0 Å². The van der Waals surface area contributed by atoms with E-state index >= 15 is 0 Å². The summed E-state index contributed by atoms with van der Waals surface area (Å²) in [6.07, 6.45) is 2.98. The van der Waals surface area contributed by atoms with Crippen molar-refractivity contribution in [2.45, 2.75) is 19.4 Å². The summed E-state index contributed by atoms with van der Waals surface area (Å²) >= 11 is 0. The van der Waals surface area contributed by atoms with Gasteiger partial charge in [0.1, 0.15) is 0 Å². The maximum Gasteiger partial charge on any atom is 0.0889 e. The summed E-state index contributed by atoms with van der Waals surface area (Å²) < 4.78 is 2.05. The van der Waals surface area contributed by atoms with Crippen LogP contribution in [0.15, 0.2) is 30.5 Å². The molecule has 1 aromatic heterocycles. The van der Waals surface area contributed by atoms with E-state index in [1.165, 1.54) is 11.1 Å². The first-order chi connectivity index (χ1) is 8.34. The van der Waals surface area contributed by atoms with Gasteiger partial charge < -0.3 is 5.32 Å². The molecule has 3 rings (SSSR count). The van der Waals surface area contributed by atoms with Gasteiger partial charge in [-0.15, -0.1) is 5.10 Å². The van der Waals surface area contributed by atoms with Crippen LogP contribution in [0.4, 0.5) is 0 Å². The Balaban J connectivity index is 1.97. The Labute approximate surface area is 101 Å². The molecule has 0 saturated carbocycles. The van der Waals surface area contributed by atoms with E-state index in [1.54, 1.807) is 0 Å². The number of aromatic nitrogens is 3. The highest BCUT2D eigenvalue weighted by Crippen LogP contribution is 2.24. The van der Waals surface area contributed by atoms with Gasteiger partial charge in [-0.3, -0.25) is 0 Å². The Kier molecular flexibility index (Phi) is 2.65. The van der Waals surface area contributed by atoms with Gasteiger partial charge in [-0.2, -0.15) is 0 Å². The first-order valence-electron chi connectivity index (χ1n) is 6.02. The maximum atomic E-state index is 4.22. The van der Waals surface area contributed by atoms with E-state index in [4.69, 9.17) is 0 Å². The van der Waals surface area contributed by atoms with E-state index in [9.17, 15) is 0 Å². The molecule has 1 fully saturated rings. The normalized spacial score (nSPS) is 19.7. The van der Waals surface area contributed by atoms with Gasteiger partial charge in [-0.25, -0.2) is 4.68 Å². The summed E-state index contributed by atoms with van der Waals surface area (Å²) in [7, 11) is 0. The van der Waals surface area contributed by atoms with Crippen molar-refractivity contribution in [1.29, 1.82) is 0 Å². The van der Waals surface area contributed by atoms with Crippen molar-refractivity contribution < 1.29 is 0 Å². The Bertz CT molecular complexity index is 494. The molecule has 1 aliphatic rings. The molecule has 1 aromatic carbocycles. The zero-order valence-corrected chi connectivity index (χ0v) is 9.93. The average Bonchev–Trinajstić information content (AvgIpc) is 3.00. The largest absolute Gasteiger partial charge is 0.315 e. The van der Waals surface area contributed by atoms with Crippen molar-refractivity contribution in [3.8, 4) is 11.3 Å². The van der Waals surface area contributed by atoms with Crippen LogP contribution in [0, 0.1) is 6.92 Å². The molecule has 2 aromatic rings. The molecule has 88 valence electrons. The lowest BCUT2D eigenvalue weighted by molar-refractivity contribution is 0.481. The van der Waals surface area contributed by atoms with Crippen molar-refractivity contribution in [2.24, 2.45) is 0 Å². The van der Waals surface area contributed by atoms with Gasteiger partial charge in [0.25, 0.3) is 0 Å². The first-order valence-corrected chi connectivity index (χ1v) is 6.02. The van der Waals surface area contributed by atoms with Crippen molar-refractivity contribution in [3.63, 3.8) is 0 Å². The van der Waals surface area contributed by atoms with E-state index in [2.05, 4.69) is 46.8 Å². The third-order valence-corrected chi connectivity index (χ3v) is 3.30. The zero-order valence-electron chi connectivity index (χ0n) is 9.93. The average molecular weight is 228 g/mol. The Morgan fingerprint density at radius 3 is 2.82 bits per heavy atom. The minimum absolute atomic E-state index is 0.439. The maximum absolute atomic E-state index is 4.22. The summed E-state index contributed by atoms with van der Waals surface area (Å²) in [5.74, 6) is 0. The van der Waals surface area contributed by atoms with Gasteiger partial charge in [0.05, 0.1) is 17.9 Å². The van der Waals surface area contributed by atoms with Crippen molar-refractivity contribution in [3.05, 3.63) is 36.0 Å². The van der Waals surface area contributed by atoms with Crippen molar-refractivity contribution in [1.82, 2.24) is 20.3 Å². The lowest BCUT2D eigenvalue weighted by Crippen LogP contribution is -2.15. The second-order valence-electron chi connectivity index (χ2n) is 4.58. The van der Waals surface area contributed by atoms with E-state index in [0.29, 0.717) is 6.04 Å². The lowest BCUT2D eigenvalue weighted by atomic mass is 10.1. The molecule has 0 bridgehead atoms. The van der Waals surface area contributed by atoms with Crippen LogP contribution in [0.3, 0.4) is 0 Å². The van der Waals surface area contributed by atoms with E-state index in [0.717, 1.165) is 25.2 Å². The molecule has 1 unspecified atom stereocenters. The van der Waals surface area contributed by atoms with Crippen LogP contribution in [-0.4, -0.2) is 28.1 Å². The fourth-order valence-electron chi connectivity index (χ4n) is 2.29. The number of rotatable bonds is 2. The van der Waals surface area contributed by atoms with Crippen molar-refractivity contribution >= 4 is 0 Å². The molecular weight excluding hydrogens is 212 g/mol. The van der Waals surface area contributed by atoms with Crippen LogP contribution in [0.2, 0.25) is 0 Å². The molecule has 2 heterocycles. The summed E-state index contributed by atoms with van der Waals surface area (Å²) in [5, 5.41) is 11.6. The molecule has 0 radical (unpaired) electrons. The Hall–Kier alpha value is -1.68. The minimum Gasteiger partial charge on any atom is -0.315 e. The monoisotopic (exact) mass is 228 g/mol. The molecule has 0 amide bonds. The number of hydrogen-bond acceptors (Lipinski definition) is 3. The first kappa shape index (κ1) is 10.5. The van der Waals surface area contributed by atoms with Gasteiger partial charge in [0.2, 0.25) is 0 Å². The summed E-state index contributed by atoms with van der Waals surface area (Å²) in [6.45, 7) is 4.15. The molecule has 0 aliphatic carbocycles. The molecule has 0 spiro atoms. The molecule has 1 aliphatic heterocycles. The van der Waals surface area contributed by atoms with Gasteiger partial charge in [-0.1, -0.05) is 35.0 Å². The number of nitrogens with zero attached hydrogens (tertiary/aromatic N) is 3. The van der Waals surface area contributed by atoms with Gasteiger partial charge in [0, 0.05) is 12.1 Å². The van der Waals surface area contributed by atoms with Gasteiger partial charge >= 0.3 is 0 Å². The number of aryl methyl sites for hydroxylation is 1. The van der Waals surface area contributed by atoms with E-state index in [1.807, 2.05) is 10.9 Å². The Morgan fingerprint density at radius 2 is 2.12 bits per heavy atom. The predicted octanol–water partition coefficient (Wildman–Crippen LogP) is 1.79. The number of nitrogens with one attached hydrogen (secondary N) is 1. The van der Waals surface area contributed by atoms with E-state index in [-0.39, 0.29) is 0 Å². The SMILES string of the molecule is Cc1ccc(-c2cnnn2C2CCNC2)cc1.